The molecule has 5 nitrogen and oxygen atoms in total. The first-order chi connectivity index (χ1) is 5.72. The largest absolute Gasteiger partial charge is 0.444 e. The van der Waals surface area contributed by atoms with Gasteiger partial charge in [0.15, 0.2) is 5.89 Å². The number of nitrogens with zero attached hydrogens (tertiary/aromatic N) is 1. The lowest BCUT2D eigenvalue weighted by Gasteiger charge is -1.98. The fourth-order valence-electron chi connectivity index (χ4n) is 0.745. The molecule has 1 heterocycles. The first-order valence-corrected chi connectivity index (χ1v) is 3.60. The molecule has 1 aromatic heterocycles. The van der Waals surface area contributed by atoms with Crippen molar-refractivity contribution in [3.63, 3.8) is 0 Å². The molecule has 1 aromatic rings. The van der Waals surface area contributed by atoms with Gasteiger partial charge in [-0.05, 0) is 0 Å². The van der Waals surface area contributed by atoms with E-state index >= 15 is 0 Å². The maximum Gasteiger partial charge on any atom is 0.234 e. The van der Waals surface area contributed by atoms with Crippen LogP contribution < -0.4 is 11.1 Å². The van der Waals surface area contributed by atoms with E-state index in [9.17, 15) is 4.79 Å². The SMILES string of the molecule is Cc1ncc(CNC(=O)CN)o1. The van der Waals surface area contributed by atoms with Gasteiger partial charge in [0.2, 0.25) is 5.91 Å². The van der Waals surface area contributed by atoms with Crippen LogP contribution in [0.4, 0.5) is 0 Å². The number of nitrogens with one attached hydrogen (secondary N) is 1. The molecular weight excluding hydrogens is 158 g/mol. The van der Waals surface area contributed by atoms with E-state index in [4.69, 9.17) is 10.2 Å². The summed E-state index contributed by atoms with van der Waals surface area (Å²) in [5, 5.41) is 2.56. The summed E-state index contributed by atoms with van der Waals surface area (Å²) < 4.78 is 5.11. The summed E-state index contributed by atoms with van der Waals surface area (Å²) in [4.78, 5) is 14.6. The maximum absolute atomic E-state index is 10.7. The molecule has 12 heavy (non-hydrogen) atoms. The van der Waals surface area contributed by atoms with E-state index in [0.717, 1.165) is 0 Å². The van der Waals surface area contributed by atoms with Crippen LogP contribution in [0.2, 0.25) is 0 Å². The van der Waals surface area contributed by atoms with Crippen LogP contribution in [0.1, 0.15) is 11.7 Å². The molecule has 0 fully saturated rings. The molecule has 3 N–H and O–H groups in total. The van der Waals surface area contributed by atoms with Gasteiger partial charge in [0.1, 0.15) is 5.76 Å². The summed E-state index contributed by atoms with van der Waals surface area (Å²) in [6.45, 7) is 2.08. The molecule has 1 amide bonds. The third-order valence-electron chi connectivity index (χ3n) is 1.31. The molecule has 0 bridgehead atoms. The van der Waals surface area contributed by atoms with Crippen molar-refractivity contribution in [3.8, 4) is 0 Å². The lowest BCUT2D eigenvalue weighted by Crippen LogP contribution is -2.29. The molecule has 0 atom stereocenters. The lowest BCUT2D eigenvalue weighted by atomic mass is 10.5. The van der Waals surface area contributed by atoms with E-state index < -0.39 is 0 Å². The average molecular weight is 169 g/mol. The van der Waals surface area contributed by atoms with E-state index in [1.165, 1.54) is 0 Å². The van der Waals surface area contributed by atoms with Gasteiger partial charge >= 0.3 is 0 Å². The molecule has 1 rings (SSSR count). The minimum Gasteiger partial charge on any atom is -0.444 e. The highest BCUT2D eigenvalue weighted by Crippen LogP contribution is 2.00. The normalized spacial score (nSPS) is 9.83. The van der Waals surface area contributed by atoms with Gasteiger partial charge in [-0.1, -0.05) is 0 Å². The van der Waals surface area contributed by atoms with Crippen LogP contribution in [-0.4, -0.2) is 17.4 Å². The summed E-state index contributed by atoms with van der Waals surface area (Å²) in [5.74, 6) is 1.02. The summed E-state index contributed by atoms with van der Waals surface area (Å²) in [6, 6.07) is 0. The summed E-state index contributed by atoms with van der Waals surface area (Å²) >= 11 is 0. The second kappa shape index (κ2) is 3.87. The minimum absolute atomic E-state index is 0.00683. The molecule has 0 radical (unpaired) electrons. The third kappa shape index (κ3) is 2.35. The fraction of sp³-hybridized carbons (Fsp3) is 0.429. The lowest BCUT2D eigenvalue weighted by molar-refractivity contribution is -0.119. The highest BCUT2D eigenvalue weighted by molar-refractivity contribution is 5.77. The molecule has 0 aromatic carbocycles. The summed E-state index contributed by atoms with van der Waals surface area (Å²) in [6.07, 6.45) is 1.58. The molecule has 0 aliphatic rings. The van der Waals surface area contributed by atoms with Crippen molar-refractivity contribution in [1.82, 2.24) is 10.3 Å². The van der Waals surface area contributed by atoms with Gasteiger partial charge in [-0.3, -0.25) is 4.79 Å². The van der Waals surface area contributed by atoms with E-state index in [1.807, 2.05) is 0 Å². The third-order valence-corrected chi connectivity index (χ3v) is 1.31. The van der Waals surface area contributed by atoms with Crippen LogP contribution in [0, 0.1) is 6.92 Å². The Bertz CT molecular complexity index is 269. The van der Waals surface area contributed by atoms with Gasteiger partial charge in [-0.2, -0.15) is 0 Å². The molecule has 0 unspecified atom stereocenters. The number of hydrogen-bond donors (Lipinski definition) is 2. The standard InChI is InChI=1S/C7H11N3O2/c1-5-9-3-6(12-5)4-10-7(11)2-8/h3H,2,4,8H2,1H3,(H,10,11). The number of carbonyl (C=O) groups is 1. The van der Waals surface area contributed by atoms with Gasteiger partial charge in [0, 0.05) is 6.92 Å². The van der Waals surface area contributed by atoms with Crippen LogP contribution in [0.15, 0.2) is 10.6 Å². The summed E-state index contributed by atoms with van der Waals surface area (Å²) in [7, 11) is 0. The van der Waals surface area contributed by atoms with Crippen molar-refractivity contribution >= 4 is 5.91 Å². The second-order valence-electron chi connectivity index (χ2n) is 2.33. The van der Waals surface area contributed by atoms with Gasteiger partial charge in [0.05, 0.1) is 19.3 Å². The number of amides is 1. The van der Waals surface area contributed by atoms with Crippen molar-refractivity contribution in [2.45, 2.75) is 13.5 Å². The molecular formula is C7H11N3O2. The maximum atomic E-state index is 10.7. The Morgan fingerprint density at radius 3 is 3.08 bits per heavy atom. The highest BCUT2D eigenvalue weighted by Gasteiger charge is 2.01. The van der Waals surface area contributed by atoms with Crippen LogP contribution >= 0.6 is 0 Å². The van der Waals surface area contributed by atoms with E-state index in [1.54, 1.807) is 13.1 Å². The fourth-order valence-corrected chi connectivity index (χ4v) is 0.745. The molecule has 0 saturated heterocycles. The van der Waals surface area contributed by atoms with Gasteiger partial charge in [-0.15, -0.1) is 0 Å². The number of oxazole rings is 1. The highest BCUT2D eigenvalue weighted by atomic mass is 16.4. The predicted molar refractivity (Wildman–Crippen MR) is 42.1 cm³/mol. The Labute approximate surface area is 70.0 Å². The quantitative estimate of drug-likeness (QED) is 0.642. The monoisotopic (exact) mass is 169 g/mol. The van der Waals surface area contributed by atoms with Crippen LogP contribution in [0.25, 0.3) is 0 Å². The van der Waals surface area contributed by atoms with Crippen LogP contribution in [-0.2, 0) is 11.3 Å². The molecule has 66 valence electrons. The Kier molecular flexibility index (Phi) is 2.82. The number of aromatic nitrogens is 1. The van der Waals surface area contributed by atoms with Gasteiger partial charge in [-0.25, -0.2) is 4.98 Å². The number of hydrogen-bond acceptors (Lipinski definition) is 4. The molecule has 5 heteroatoms. The van der Waals surface area contributed by atoms with Crippen LogP contribution in [0.5, 0.6) is 0 Å². The van der Waals surface area contributed by atoms with Crippen LogP contribution in [0.3, 0.4) is 0 Å². The zero-order chi connectivity index (χ0) is 8.97. The Morgan fingerprint density at radius 2 is 2.58 bits per heavy atom. The Balaban J connectivity index is 2.38. The zero-order valence-corrected chi connectivity index (χ0v) is 6.83. The van der Waals surface area contributed by atoms with Crippen molar-refractivity contribution in [2.75, 3.05) is 6.54 Å². The first-order valence-electron chi connectivity index (χ1n) is 3.60. The van der Waals surface area contributed by atoms with Gasteiger partial charge < -0.3 is 15.5 Å². The molecule has 0 aliphatic heterocycles. The molecule has 0 saturated carbocycles. The van der Waals surface area contributed by atoms with E-state index in [-0.39, 0.29) is 12.5 Å². The van der Waals surface area contributed by atoms with Crippen molar-refractivity contribution in [2.24, 2.45) is 5.73 Å². The van der Waals surface area contributed by atoms with Gasteiger partial charge in [0.25, 0.3) is 0 Å². The van der Waals surface area contributed by atoms with E-state index in [0.29, 0.717) is 18.2 Å². The van der Waals surface area contributed by atoms with Crippen molar-refractivity contribution in [3.05, 3.63) is 17.8 Å². The topological polar surface area (TPSA) is 81.2 Å². The number of nitrogens with two attached hydrogens (primary N) is 1. The average Bonchev–Trinajstić information content (AvgIpc) is 2.47. The number of rotatable bonds is 3. The predicted octanol–water partition coefficient (Wildman–Crippen LogP) is -0.442. The zero-order valence-electron chi connectivity index (χ0n) is 6.83. The molecule has 0 spiro atoms. The van der Waals surface area contributed by atoms with Crippen molar-refractivity contribution in [1.29, 1.82) is 0 Å². The van der Waals surface area contributed by atoms with Crippen molar-refractivity contribution < 1.29 is 9.21 Å². The number of carbonyl (C=O) groups excluding carboxylic acids is 1. The molecule has 0 aliphatic carbocycles. The first kappa shape index (κ1) is 8.73. The Morgan fingerprint density at radius 1 is 1.83 bits per heavy atom. The second-order valence-corrected chi connectivity index (χ2v) is 2.33. The Hall–Kier alpha value is -1.36. The number of aryl methyl sites for hydroxylation is 1. The summed E-state index contributed by atoms with van der Waals surface area (Å²) in [5.41, 5.74) is 5.08. The minimum atomic E-state index is -0.205. The van der Waals surface area contributed by atoms with E-state index in [2.05, 4.69) is 10.3 Å². The smallest absolute Gasteiger partial charge is 0.234 e.